The van der Waals surface area contributed by atoms with Crippen molar-refractivity contribution in [1.82, 2.24) is 4.31 Å². The van der Waals surface area contributed by atoms with Crippen molar-refractivity contribution in [3.8, 4) is 0 Å². The Balaban J connectivity index is 2.42. The van der Waals surface area contributed by atoms with Gasteiger partial charge in [0, 0.05) is 12.0 Å². The molecule has 18 heavy (non-hydrogen) atoms. The molecule has 1 aliphatic heterocycles. The maximum Gasteiger partial charge on any atom is 0.321 e. The molecule has 0 saturated carbocycles. The third-order valence-electron chi connectivity index (χ3n) is 2.71. The molecule has 0 aromatic rings. The Hall–Kier alpha value is -0.950. The minimum absolute atomic E-state index is 0.0706. The molecule has 7 heteroatoms. The fourth-order valence-electron chi connectivity index (χ4n) is 1.42. The number of carbonyl (C=O) groups excluding carboxylic acids is 2. The monoisotopic (exact) mass is 277 g/mol. The summed E-state index contributed by atoms with van der Waals surface area (Å²) < 4.78 is 28.8. The van der Waals surface area contributed by atoms with E-state index in [4.69, 9.17) is 4.74 Å². The maximum atomic E-state index is 11.5. The van der Waals surface area contributed by atoms with E-state index >= 15 is 0 Å². The summed E-state index contributed by atoms with van der Waals surface area (Å²) in [6.07, 6.45) is 0.524. The van der Waals surface area contributed by atoms with Crippen LogP contribution in [0.3, 0.4) is 0 Å². The van der Waals surface area contributed by atoms with Crippen LogP contribution in [0, 0.1) is 5.41 Å². The number of ketones is 1. The van der Waals surface area contributed by atoms with Crippen LogP contribution in [-0.2, 0) is 24.3 Å². The van der Waals surface area contributed by atoms with Gasteiger partial charge in [-0.1, -0.05) is 20.8 Å². The lowest BCUT2D eigenvalue weighted by atomic mass is 9.91. The molecule has 0 radical (unpaired) electrons. The molecule has 6 nitrogen and oxygen atoms in total. The fraction of sp³-hybridized carbons (Fsp3) is 0.818. The van der Waals surface area contributed by atoms with Gasteiger partial charge in [0.15, 0.2) is 12.4 Å². The van der Waals surface area contributed by atoms with E-state index < -0.39 is 21.4 Å². The molecule has 0 aliphatic carbocycles. The molecule has 1 aliphatic rings. The van der Waals surface area contributed by atoms with E-state index in [-0.39, 0.29) is 24.7 Å². The highest BCUT2D eigenvalue weighted by Gasteiger charge is 2.31. The van der Waals surface area contributed by atoms with Gasteiger partial charge >= 0.3 is 5.97 Å². The molecule has 0 amide bonds. The predicted molar refractivity (Wildman–Crippen MR) is 65.4 cm³/mol. The zero-order valence-corrected chi connectivity index (χ0v) is 11.7. The van der Waals surface area contributed by atoms with Gasteiger partial charge in [-0.2, -0.15) is 4.31 Å². The Morgan fingerprint density at radius 3 is 2.33 bits per heavy atom. The van der Waals surface area contributed by atoms with E-state index in [9.17, 15) is 18.0 Å². The second-order valence-corrected chi connectivity index (χ2v) is 7.43. The summed E-state index contributed by atoms with van der Waals surface area (Å²) in [7, 11) is -3.30. The van der Waals surface area contributed by atoms with Crippen LogP contribution in [0.5, 0.6) is 0 Å². The van der Waals surface area contributed by atoms with Gasteiger partial charge in [0.25, 0.3) is 0 Å². The molecule has 0 atom stereocenters. The Kier molecular flexibility index (Phi) is 4.50. The second kappa shape index (κ2) is 5.36. The first-order chi connectivity index (χ1) is 8.13. The molecule has 0 aromatic heterocycles. The van der Waals surface area contributed by atoms with Crippen LogP contribution < -0.4 is 0 Å². The van der Waals surface area contributed by atoms with Crippen molar-refractivity contribution >= 4 is 21.8 Å². The number of esters is 1. The standard InChI is InChI=1S/C11H19NO5S/c1-11(2,3)9(13)8-17-10(14)7-12-5-4-6-18(12,15)16/h4-8H2,1-3H3. The van der Waals surface area contributed by atoms with Crippen LogP contribution in [0.1, 0.15) is 27.2 Å². The maximum absolute atomic E-state index is 11.5. The highest BCUT2D eigenvalue weighted by molar-refractivity contribution is 7.89. The lowest BCUT2D eigenvalue weighted by Crippen LogP contribution is -2.34. The largest absolute Gasteiger partial charge is 0.457 e. The van der Waals surface area contributed by atoms with E-state index in [1.165, 1.54) is 0 Å². The molecule has 1 heterocycles. The Morgan fingerprint density at radius 1 is 1.28 bits per heavy atom. The second-order valence-electron chi connectivity index (χ2n) is 5.34. The lowest BCUT2D eigenvalue weighted by molar-refractivity contribution is -0.150. The van der Waals surface area contributed by atoms with Crippen molar-refractivity contribution in [3.05, 3.63) is 0 Å². The molecule has 1 rings (SSSR count). The minimum atomic E-state index is -3.30. The highest BCUT2D eigenvalue weighted by atomic mass is 32.2. The van der Waals surface area contributed by atoms with Gasteiger partial charge in [0.05, 0.1) is 5.75 Å². The van der Waals surface area contributed by atoms with E-state index in [1.807, 2.05) is 0 Å². The third kappa shape index (κ3) is 4.06. The highest BCUT2D eigenvalue weighted by Crippen LogP contribution is 2.15. The summed E-state index contributed by atoms with van der Waals surface area (Å²) >= 11 is 0. The first-order valence-electron chi connectivity index (χ1n) is 5.80. The third-order valence-corrected chi connectivity index (χ3v) is 4.61. The van der Waals surface area contributed by atoms with E-state index in [0.717, 1.165) is 4.31 Å². The summed E-state index contributed by atoms with van der Waals surface area (Å²) in [5.74, 6) is -0.806. The van der Waals surface area contributed by atoms with Crippen molar-refractivity contribution in [1.29, 1.82) is 0 Å². The Morgan fingerprint density at radius 2 is 1.89 bits per heavy atom. The number of sulfonamides is 1. The molecular formula is C11H19NO5S. The molecule has 0 aromatic carbocycles. The fourth-order valence-corrected chi connectivity index (χ4v) is 2.88. The molecule has 0 N–H and O–H groups in total. The normalized spacial score (nSPS) is 19.7. The van der Waals surface area contributed by atoms with Crippen LogP contribution in [0.2, 0.25) is 0 Å². The van der Waals surface area contributed by atoms with Gasteiger partial charge in [-0.05, 0) is 6.42 Å². The van der Waals surface area contributed by atoms with Gasteiger partial charge < -0.3 is 4.74 Å². The SMILES string of the molecule is CC(C)(C)C(=O)COC(=O)CN1CCCS1(=O)=O. The van der Waals surface area contributed by atoms with Crippen LogP contribution in [0.4, 0.5) is 0 Å². The molecule has 0 unspecified atom stereocenters. The van der Waals surface area contributed by atoms with Crippen LogP contribution in [-0.4, -0.2) is 49.9 Å². The minimum Gasteiger partial charge on any atom is -0.457 e. The summed E-state index contributed by atoms with van der Waals surface area (Å²) in [6.45, 7) is 4.91. The summed E-state index contributed by atoms with van der Waals surface area (Å²) in [5, 5.41) is 0. The van der Waals surface area contributed by atoms with Crippen molar-refractivity contribution in [2.45, 2.75) is 27.2 Å². The molecule has 104 valence electrons. The lowest BCUT2D eigenvalue weighted by Gasteiger charge is -2.17. The summed E-state index contributed by atoms with van der Waals surface area (Å²) in [5.41, 5.74) is -0.569. The van der Waals surface area contributed by atoms with Gasteiger partial charge in [-0.15, -0.1) is 0 Å². The number of carbonyl (C=O) groups is 2. The van der Waals surface area contributed by atoms with Crippen molar-refractivity contribution < 1.29 is 22.7 Å². The number of rotatable bonds is 4. The Bertz CT molecular complexity index is 435. The van der Waals surface area contributed by atoms with Crippen LogP contribution >= 0.6 is 0 Å². The number of ether oxygens (including phenoxy) is 1. The molecule has 0 bridgehead atoms. The smallest absolute Gasteiger partial charge is 0.321 e. The zero-order valence-electron chi connectivity index (χ0n) is 10.9. The number of Topliss-reactive ketones (excluding diaryl/α,β-unsaturated/α-hetero) is 1. The van der Waals surface area contributed by atoms with Crippen LogP contribution in [0.25, 0.3) is 0 Å². The summed E-state index contributed by atoms with van der Waals surface area (Å²) in [6, 6.07) is 0. The van der Waals surface area contributed by atoms with E-state index in [2.05, 4.69) is 0 Å². The van der Waals surface area contributed by atoms with Gasteiger partial charge in [-0.3, -0.25) is 9.59 Å². The number of hydrogen-bond donors (Lipinski definition) is 0. The number of hydrogen-bond acceptors (Lipinski definition) is 5. The molecular weight excluding hydrogens is 258 g/mol. The van der Waals surface area contributed by atoms with Crippen molar-refractivity contribution in [2.75, 3.05) is 25.4 Å². The predicted octanol–water partition coefficient (Wildman–Crippen LogP) is 0.180. The van der Waals surface area contributed by atoms with Crippen LogP contribution in [0.15, 0.2) is 0 Å². The van der Waals surface area contributed by atoms with E-state index in [0.29, 0.717) is 13.0 Å². The van der Waals surface area contributed by atoms with Gasteiger partial charge in [0.1, 0.15) is 6.54 Å². The number of nitrogens with zero attached hydrogens (tertiary/aromatic N) is 1. The average Bonchev–Trinajstić information content (AvgIpc) is 2.53. The van der Waals surface area contributed by atoms with E-state index in [1.54, 1.807) is 20.8 Å². The first kappa shape index (κ1) is 15.1. The van der Waals surface area contributed by atoms with Crippen molar-refractivity contribution in [2.24, 2.45) is 5.41 Å². The molecule has 0 spiro atoms. The summed E-state index contributed by atoms with van der Waals surface area (Å²) in [4.78, 5) is 23.0. The topological polar surface area (TPSA) is 80.8 Å². The molecule has 1 fully saturated rings. The zero-order chi connectivity index (χ0) is 14.0. The van der Waals surface area contributed by atoms with Crippen molar-refractivity contribution in [3.63, 3.8) is 0 Å². The quantitative estimate of drug-likeness (QED) is 0.685. The van der Waals surface area contributed by atoms with Gasteiger partial charge in [0.2, 0.25) is 10.0 Å². The molecule has 1 saturated heterocycles. The first-order valence-corrected chi connectivity index (χ1v) is 7.40. The Labute approximate surface area is 107 Å². The average molecular weight is 277 g/mol. The van der Waals surface area contributed by atoms with Gasteiger partial charge in [-0.25, -0.2) is 8.42 Å².